The first-order chi connectivity index (χ1) is 7.65. The van der Waals surface area contributed by atoms with Crippen molar-refractivity contribution in [3.05, 3.63) is 36.3 Å². The van der Waals surface area contributed by atoms with Gasteiger partial charge in [-0.25, -0.2) is 9.78 Å². The lowest BCUT2D eigenvalue weighted by atomic mass is 10.4. The average molecular weight is 235 g/mol. The quantitative estimate of drug-likeness (QED) is 0.876. The molecule has 82 valence electrons. The van der Waals surface area contributed by atoms with Gasteiger partial charge in [0.2, 0.25) is 0 Å². The summed E-state index contributed by atoms with van der Waals surface area (Å²) in [5, 5.41) is 13.5. The van der Waals surface area contributed by atoms with E-state index in [1.54, 1.807) is 23.0 Å². The van der Waals surface area contributed by atoms with Gasteiger partial charge < -0.3 is 5.11 Å². The summed E-state index contributed by atoms with van der Waals surface area (Å²) in [5.41, 5.74) is 0.0499. The standard InChI is InChI=1S/C10H9N3O2S/c1-13-6-7(5-11-13)16-9-4-2-3-8(12-9)10(14)15/h2-6H,1H3,(H,14,15). The van der Waals surface area contributed by atoms with Crippen LogP contribution in [0.1, 0.15) is 10.5 Å². The SMILES string of the molecule is Cn1cc(Sc2cccc(C(=O)O)n2)cn1. The Bertz CT molecular complexity index is 524. The number of carboxylic acids is 1. The van der Waals surface area contributed by atoms with Crippen LogP contribution in [-0.2, 0) is 7.05 Å². The van der Waals surface area contributed by atoms with E-state index < -0.39 is 5.97 Å². The summed E-state index contributed by atoms with van der Waals surface area (Å²) in [5.74, 6) is -1.02. The lowest BCUT2D eigenvalue weighted by Crippen LogP contribution is -1.99. The van der Waals surface area contributed by atoms with Crippen molar-refractivity contribution >= 4 is 17.7 Å². The highest BCUT2D eigenvalue weighted by Crippen LogP contribution is 2.25. The molecule has 0 amide bonds. The minimum absolute atomic E-state index is 0.0499. The molecule has 0 radical (unpaired) electrons. The summed E-state index contributed by atoms with van der Waals surface area (Å²) in [6.07, 6.45) is 3.56. The topological polar surface area (TPSA) is 68.0 Å². The van der Waals surface area contributed by atoms with Gasteiger partial charge in [-0.3, -0.25) is 4.68 Å². The van der Waals surface area contributed by atoms with Crippen molar-refractivity contribution in [3.8, 4) is 0 Å². The van der Waals surface area contributed by atoms with E-state index in [9.17, 15) is 4.79 Å². The van der Waals surface area contributed by atoms with Crippen LogP contribution in [0.4, 0.5) is 0 Å². The number of pyridine rings is 1. The lowest BCUT2D eigenvalue weighted by molar-refractivity contribution is 0.0689. The Balaban J connectivity index is 2.21. The highest BCUT2D eigenvalue weighted by Gasteiger charge is 2.06. The normalized spacial score (nSPS) is 10.3. The second-order valence-electron chi connectivity index (χ2n) is 3.12. The molecule has 0 saturated carbocycles. The molecule has 0 aliphatic carbocycles. The zero-order valence-corrected chi connectivity index (χ0v) is 9.31. The molecule has 5 nitrogen and oxygen atoms in total. The molecule has 2 aromatic heterocycles. The number of aromatic carboxylic acids is 1. The molecule has 0 fully saturated rings. The largest absolute Gasteiger partial charge is 0.477 e. The Morgan fingerprint density at radius 3 is 2.94 bits per heavy atom. The van der Waals surface area contributed by atoms with Gasteiger partial charge in [-0.1, -0.05) is 17.8 Å². The molecule has 0 aromatic carbocycles. The van der Waals surface area contributed by atoms with E-state index in [0.29, 0.717) is 5.03 Å². The van der Waals surface area contributed by atoms with Gasteiger partial charge in [0.15, 0.2) is 0 Å². The van der Waals surface area contributed by atoms with E-state index in [-0.39, 0.29) is 5.69 Å². The van der Waals surface area contributed by atoms with Crippen molar-refractivity contribution in [1.82, 2.24) is 14.8 Å². The fourth-order valence-electron chi connectivity index (χ4n) is 1.16. The van der Waals surface area contributed by atoms with Crippen LogP contribution in [-0.4, -0.2) is 25.8 Å². The summed E-state index contributed by atoms with van der Waals surface area (Å²) in [6.45, 7) is 0. The Labute approximate surface area is 96.1 Å². The third kappa shape index (κ3) is 2.40. The van der Waals surface area contributed by atoms with Crippen molar-refractivity contribution in [1.29, 1.82) is 0 Å². The van der Waals surface area contributed by atoms with E-state index in [1.165, 1.54) is 17.8 Å². The zero-order valence-electron chi connectivity index (χ0n) is 8.49. The van der Waals surface area contributed by atoms with E-state index in [1.807, 2.05) is 13.2 Å². The monoisotopic (exact) mass is 235 g/mol. The summed E-state index contributed by atoms with van der Waals surface area (Å²) in [4.78, 5) is 15.7. The molecule has 6 heteroatoms. The van der Waals surface area contributed by atoms with Gasteiger partial charge in [0.05, 0.1) is 11.1 Å². The number of nitrogens with zero attached hydrogens (tertiary/aromatic N) is 3. The smallest absolute Gasteiger partial charge is 0.354 e. The van der Waals surface area contributed by atoms with Crippen LogP contribution in [0.5, 0.6) is 0 Å². The molecule has 0 saturated heterocycles. The zero-order chi connectivity index (χ0) is 11.5. The van der Waals surface area contributed by atoms with E-state index in [2.05, 4.69) is 10.1 Å². The van der Waals surface area contributed by atoms with Crippen LogP contribution in [0.3, 0.4) is 0 Å². The van der Waals surface area contributed by atoms with Gasteiger partial charge in [-0.2, -0.15) is 5.10 Å². The van der Waals surface area contributed by atoms with Crippen LogP contribution < -0.4 is 0 Å². The molecular weight excluding hydrogens is 226 g/mol. The van der Waals surface area contributed by atoms with Crippen LogP contribution >= 0.6 is 11.8 Å². The fraction of sp³-hybridized carbons (Fsp3) is 0.100. The summed E-state index contributed by atoms with van der Waals surface area (Å²) in [7, 11) is 1.82. The first-order valence-corrected chi connectivity index (χ1v) is 5.33. The Morgan fingerprint density at radius 1 is 1.50 bits per heavy atom. The van der Waals surface area contributed by atoms with Crippen LogP contribution in [0.15, 0.2) is 40.5 Å². The van der Waals surface area contributed by atoms with Gasteiger partial charge in [0.1, 0.15) is 10.7 Å². The van der Waals surface area contributed by atoms with E-state index in [0.717, 1.165) is 4.90 Å². The highest BCUT2D eigenvalue weighted by molar-refractivity contribution is 7.99. The molecule has 0 aliphatic rings. The van der Waals surface area contributed by atoms with Crippen molar-refractivity contribution in [2.24, 2.45) is 7.05 Å². The van der Waals surface area contributed by atoms with E-state index >= 15 is 0 Å². The van der Waals surface area contributed by atoms with E-state index in [4.69, 9.17) is 5.11 Å². The Kier molecular flexibility index (Phi) is 2.91. The second-order valence-corrected chi connectivity index (χ2v) is 4.21. The maximum atomic E-state index is 10.7. The Morgan fingerprint density at radius 2 is 2.31 bits per heavy atom. The number of rotatable bonds is 3. The third-order valence-corrected chi connectivity index (χ3v) is 2.73. The number of hydrogen-bond acceptors (Lipinski definition) is 4. The average Bonchev–Trinajstić information content (AvgIpc) is 2.64. The molecule has 1 N–H and O–H groups in total. The predicted molar refractivity (Wildman–Crippen MR) is 58.5 cm³/mol. The summed E-state index contributed by atoms with van der Waals surface area (Å²) in [6, 6.07) is 4.91. The maximum Gasteiger partial charge on any atom is 0.354 e. The van der Waals surface area contributed by atoms with Gasteiger partial charge >= 0.3 is 5.97 Å². The highest BCUT2D eigenvalue weighted by atomic mass is 32.2. The predicted octanol–water partition coefficient (Wildman–Crippen LogP) is 1.66. The van der Waals surface area contributed by atoms with Gasteiger partial charge in [0, 0.05) is 13.2 Å². The fourth-order valence-corrected chi connectivity index (χ4v) is 2.00. The van der Waals surface area contributed by atoms with Crippen LogP contribution in [0, 0.1) is 0 Å². The lowest BCUT2D eigenvalue weighted by Gasteiger charge is -1.98. The van der Waals surface area contributed by atoms with Crippen molar-refractivity contribution in [2.75, 3.05) is 0 Å². The van der Waals surface area contributed by atoms with Gasteiger partial charge in [-0.15, -0.1) is 0 Å². The molecule has 2 aromatic rings. The third-order valence-electron chi connectivity index (χ3n) is 1.85. The van der Waals surface area contributed by atoms with Crippen molar-refractivity contribution in [2.45, 2.75) is 9.92 Å². The molecule has 2 rings (SSSR count). The molecule has 2 heterocycles. The minimum Gasteiger partial charge on any atom is -0.477 e. The minimum atomic E-state index is -1.02. The first kappa shape index (κ1) is 10.7. The molecule has 0 aliphatic heterocycles. The van der Waals surface area contributed by atoms with Crippen LogP contribution in [0.2, 0.25) is 0 Å². The molecule has 0 bridgehead atoms. The molecule has 0 spiro atoms. The van der Waals surface area contributed by atoms with Crippen LogP contribution in [0.25, 0.3) is 0 Å². The molecule has 0 atom stereocenters. The number of carboxylic acid groups (broad SMARTS) is 1. The first-order valence-electron chi connectivity index (χ1n) is 4.52. The maximum absolute atomic E-state index is 10.7. The van der Waals surface area contributed by atoms with Gasteiger partial charge in [-0.05, 0) is 12.1 Å². The molecule has 0 unspecified atom stereocenters. The number of hydrogen-bond donors (Lipinski definition) is 1. The Hall–Kier alpha value is -1.82. The number of aromatic nitrogens is 3. The van der Waals surface area contributed by atoms with Gasteiger partial charge in [0.25, 0.3) is 0 Å². The second kappa shape index (κ2) is 4.36. The summed E-state index contributed by atoms with van der Waals surface area (Å²) >= 11 is 1.38. The molecule has 16 heavy (non-hydrogen) atoms. The molecular formula is C10H9N3O2S. The van der Waals surface area contributed by atoms with Crippen molar-refractivity contribution < 1.29 is 9.90 Å². The number of carbonyl (C=O) groups is 1. The number of aryl methyl sites for hydroxylation is 1. The van der Waals surface area contributed by atoms with Crippen molar-refractivity contribution in [3.63, 3.8) is 0 Å². The summed E-state index contributed by atoms with van der Waals surface area (Å²) < 4.78 is 1.68.